The number of rotatable bonds is 9. The Labute approximate surface area is 158 Å². The van der Waals surface area contributed by atoms with Gasteiger partial charge in [0.05, 0.1) is 13.2 Å². The van der Waals surface area contributed by atoms with Crippen LogP contribution < -0.4 is 0 Å². The van der Waals surface area contributed by atoms with Crippen LogP contribution in [-0.4, -0.2) is 106 Å². The lowest BCUT2D eigenvalue weighted by molar-refractivity contribution is -0.320. The summed E-state index contributed by atoms with van der Waals surface area (Å²) in [7, 11) is 0. The van der Waals surface area contributed by atoms with E-state index in [2.05, 4.69) is 6.92 Å². The molecule has 2 aliphatic heterocycles. The summed E-state index contributed by atoms with van der Waals surface area (Å²) in [6, 6.07) is 0. The van der Waals surface area contributed by atoms with Crippen LogP contribution in [0.5, 0.6) is 0 Å². The van der Waals surface area contributed by atoms with E-state index in [1.54, 1.807) is 0 Å². The molecule has 160 valence electrons. The van der Waals surface area contributed by atoms with Gasteiger partial charge < -0.3 is 49.6 Å². The lowest BCUT2D eigenvalue weighted by atomic mass is 9.99. The highest BCUT2D eigenvalue weighted by atomic mass is 16.7. The van der Waals surface area contributed by atoms with E-state index >= 15 is 0 Å². The van der Waals surface area contributed by atoms with Gasteiger partial charge in [-0.25, -0.2) is 0 Å². The Hall–Kier alpha value is -0.400. The minimum absolute atomic E-state index is 0.220. The molecule has 0 amide bonds. The summed E-state index contributed by atoms with van der Waals surface area (Å²) in [4.78, 5) is 0. The molecule has 6 N–H and O–H groups in total. The first-order valence-corrected chi connectivity index (χ1v) is 9.45. The molecule has 2 heterocycles. The second kappa shape index (κ2) is 11.0. The highest BCUT2D eigenvalue weighted by Gasteiger charge is 2.45. The second-order valence-corrected chi connectivity index (χ2v) is 7.03. The van der Waals surface area contributed by atoms with Crippen LogP contribution in [0.4, 0.5) is 0 Å². The zero-order valence-corrected chi connectivity index (χ0v) is 15.5. The van der Waals surface area contributed by atoms with E-state index < -0.39 is 55.3 Å². The average Bonchev–Trinajstić information content (AvgIpc) is 2.66. The number of unbranched alkanes of at least 4 members (excludes halogenated alkanes) is 3. The summed E-state index contributed by atoms with van der Waals surface area (Å²) in [5.41, 5.74) is 0. The van der Waals surface area contributed by atoms with Crippen LogP contribution in [0.1, 0.15) is 32.6 Å². The molecule has 9 atom stereocenters. The molecule has 2 fully saturated rings. The first kappa shape index (κ1) is 22.9. The fraction of sp³-hybridized carbons (Fsp3) is 1.00. The number of hydrogen-bond acceptors (Lipinski definition) is 10. The molecule has 9 unspecified atom stereocenters. The van der Waals surface area contributed by atoms with Crippen molar-refractivity contribution in [1.82, 2.24) is 0 Å². The van der Waals surface area contributed by atoms with Crippen LogP contribution >= 0.6 is 0 Å². The van der Waals surface area contributed by atoms with E-state index in [9.17, 15) is 30.6 Å². The van der Waals surface area contributed by atoms with Gasteiger partial charge in [0.25, 0.3) is 0 Å². The molecule has 0 spiro atoms. The third kappa shape index (κ3) is 6.04. The molecule has 0 radical (unpaired) electrons. The molecule has 0 saturated carbocycles. The molecular formula is C17H32O10. The Morgan fingerprint density at radius 3 is 2.19 bits per heavy atom. The quantitative estimate of drug-likeness (QED) is 0.237. The van der Waals surface area contributed by atoms with E-state index in [4.69, 9.17) is 18.9 Å². The molecule has 0 aromatic heterocycles. The van der Waals surface area contributed by atoms with Gasteiger partial charge in [-0.1, -0.05) is 26.2 Å². The minimum Gasteiger partial charge on any atom is -0.388 e. The molecule has 10 nitrogen and oxygen atoms in total. The Kier molecular flexibility index (Phi) is 9.29. The normalized spacial score (nSPS) is 43.0. The predicted octanol–water partition coefficient (Wildman–Crippen LogP) is -2.15. The van der Waals surface area contributed by atoms with Crippen LogP contribution in [0.2, 0.25) is 0 Å². The van der Waals surface area contributed by atoms with E-state index in [0.29, 0.717) is 6.61 Å². The fourth-order valence-corrected chi connectivity index (χ4v) is 3.04. The van der Waals surface area contributed by atoms with Crippen LogP contribution in [0.15, 0.2) is 0 Å². The van der Waals surface area contributed by atoms with E-state index in [0.717, 1.165) is 25.7 Å². The van der Waals surface area contributed by atoms with Gasteiger partial charge >= 0.3 is 0 Å². The van der Waals surface area contributed by atoms with Gasteiger partial charge in [0.15, 0.2) is 12.6 Å². The lowest BCUT2D eigenvalue weighted by Gasteiger charge is -2.41. The number of ether oxygens (including phenoxy) is 4. The molecule has 0 aromatic carbocycles. The maximum atomic E-state index is 10.1. The van der Waals surface area contributed by atoms with Crippen molar-refractivity contribution in [1.29, 1.82) is 0 Å². The SMILES string of the molecule is CCCCCCOC1OC(COC2OCC(O)C(O)C2O)C(O)C(O)C1O. The highest BCUT2D eigenvalue weighted by Crippen LogP contribution is 2.24. The topological polar surface area (TPSA) is 158 Å². The number of hydrogen-bond donors (Lipinski definition) is 6. The summed E-state index contributed by atoms with van der Waals surface area (Å²) in [5, 5.41) is 59.1. The summed E-state index contributed by atoms with van der Waals surface area (Å²) >= 11 is 0. The van der Waals surface area contributed by atoms with Gasteiger partial charge in [-0.2, -0.15) is 0 Å². The molecule has 0 aromatic rings. The van der Waals surface area contributed by atoms with Crippen molar-refractivity contribution < 1.29 is 49.6 Å². The zero-order chi connectivity index (χ0) is 20.0. The van der Waals surface area contributed by atoms with Crippen molar-refractivity contribution in [3.8, 4) is 0 Å². The van der Waals surface area contributed by atoms with Crippen molar-refractivity contribution in [2.75, 3.05) is 19.8 Å². The summed E-state index contributed by atoms with van der Waals surface area (Å²) in [6.45, 7) is 1.92. The average molecular weight is 396 g/mol. The third-order valence-electron chi connectivity index (χ3n) is 4.83. The zero-order valence-electron chi connectivity index (χ0n) is 15.5. The van der Waals surface area contributed by atoms with Gasteiger partial charge in [-0.3, -0.25) is 0 Å². The summed E-state index contributed by atoms with van der Waals surface area (Å²) in [6.07, 6.45) is -7.94. The summed E-state index contributed by atoms with van der Waals surface area (Å²) in [5.74, 6) is 0. The van der Waals surface area contributed by atoms with Crippen molar-refractivity contribution in [3.63, 3.8) is 0 Å². The van der Waals surface area contributed by atoms with Gasteiger partial charge in [0.1, 0.15) is 42.7 Å². The molecule has 0 aliphatic carbocycles. The molecular weight excluding hydrogens is 364 g/mol. The maximum Gasteiger partial charge on any atom is 0.186 e. The molecule has 10 heteroatoms. The second-order valence-electron chi connectivity index (χ2n) is 7.03. The van der Waals surface area contributed by atoms with Gasteiger partial charge in [0.2, 0.25) is 0 Å². The smallest absolute Gasteiger partial charge is 0.186 e. The lowest BCUT2D eigenvalue weighted by Crippen LogP contribution is -2.60. The number of aliphatic hydroxyl groups is 6. The largest absolute Gasteiger partial charge is 0.388 e. The Morgan fingerprint density at radius 2 is 1.48 bits per heavy atom. The minimum atomic E-state index is -1.49. The van der Waals surface area contributed by atoms with Crippen LogP contribution in [0.25, 0.3) is 0 Å². The standard InChI is InChI=1S/C17H32O10/c1-2-3-4-5-6-24-17-15(23)13(21)12(20)10(27-17)8-26-16-14(22)11(19)9(18)7-25-16/h9-23H,2-8H2,1H3. The van der Waals surface area contributed by atoms with Crippen LogP contribution in [0.3, 0.4) is 0 Å². The molecule has 2 aliphatic rings. The van der Waals surface area contributed by atoms with Crippen LogP contribution in [-0.2, 0) is 18.9 Å². The van der Waals surface area contributed by atoms with Gasteiger partial charge in [-0.15, -0.1) is 0 Å². The van der Waals surface area contributed by atoms with E-state index in [1.807, 2.05) is 0 Å². The van der Waals surface area contributed by atoms with E-state index in [1.165, 1.54) is 0 Å². The Bertz CT molecular complexity index is 425. The monoisotopic (exact) mass is 396 g/mol. The fourth-order valence-electron chi connectivity index (χ4n) is 3.04. The predicted molar refractivity (Wildman–Crippen MR) is 90.5 cm³/mol. The van der Waals surface area contributed by atoms with Gasteiger partial charge in [-0.05, 0) is 6.42 Å². The Morgan fingerprint density at radius 1 is 0.778 bits per heavy atom. The van der Waals surface area contributed by atoms with Crippen molar-refractivity contribution >= 4 is 0 Å². The van der Waals surface area contributed by atoms with Crippen LogP contribution in [0, 0.1) is 0 Å². The van der Waals surface area contributed by atoms with Gasteiger partial charge in [0, 0.05) is 6.61 Å². The first-order valence-electron chi connectivity index (χ1n) is 9.45. The first-order chi connectivity index (χ1) is 12.9. The molecule has 2 rings (SSSR count). The van der Waals surface area contributed by atoms with Crippen molar-refractivity contribution in [2.24, 2.45) is 0 Å². The van der Waals surface area contributed by atoms with E-state index in [-0.39, 0.29) is 13.2 Å². The molecule has 27 heavy (non-hydrogen) atoms. The number of aliphatic hydroxyl groups excluding tert-OH is 6. The maximum absolute atomic E-state index is 10.1. The Balaban J connectivity index is 1.83. The summed E-state index contributed by atoms with van der Waals surface area (Å²) < 4.78 is 21.4. The van der Waals surface area contributed by atoms with Crippen molar-refractivity contribution in [2.45, 2.75) is 87.9 Å². The third-order valence-corrected chi connectivity index (χ3v) is 4.83. The van der Waals surface area contributed by atoms with Crippen molar-refractivity contribution in [3.05, 3.63) is 0 Å². The highest BCUT2D eigenvalue weighted by molar-refractivity contribution is 4.90. The molecule has 2 saturated heterocycles. The molecule has 0 bridgehead atoms.